The maximum Gasteiger partial charge on any atom is 0.0108 e. The molecule has 1 atom stereocenters. The molecule has 0 heterocycles. The van der Waals surface area contributed by atoms with Crippen LogP contribution < -0.4 is 5.73 Å². The number of nitrogens with zero attached hydrogens (tertiary/aromatic N) is 1. The highest BCUT2D eigenvalue weighted by Gasteiger charge is 2.27. The first-order chi connectivity index (χ1) is 9.88. The van der Waals surface area contributed by atoms with Gasteiger partial charge in [-0.1, -0.05) is 37.1 Å². The Labute approximate surface area is 123 Å². The normalized spacial score (nSPS) is 23.2. The third-order valence-electron chi connectivity index (χ3n) is 5.21. The van der Waals surface area contributed by atoms with Crippen molar-refractivity contribution in [1.82, 2.24) is 4.90 Å². The van der Waals surface area contributed by atoms with Gasteiger partial charge in [-0.2, -0.15) is 0 Å². The Morgan fingerprint density at radius 3 is 2.65 bits per heavy atom. The van der Waals surface area contributed by atoms with Crippen LogP contribution in [0.5, 0.6) is 0 Å². The number of benzene rings is 1. The van der Waals surface area contributed by atoms with Gasteiger partial charge in [-0.25, -0.2) is 0 Å². The predicted octanol–water partition coefficient (Wildman–Crippen LogP) is 3.31. The first kappa shape index (κ1) is 14.1. The maximum atomic E-state index is 5.86. The number of nitrogens with two attached hydrogens (primary N) is 1. The lowest BCUT2D eigenvalue weighted by molar-refractivity contribution is 0.186. The number of rotatable bonds is 5. The molecular formula is C18H28N2. The zero-order chi connectivity index (χ0) is 13.8. The number of aryl methyl sites for hydroxylation is 1. The molecule has 0 aliphatic heterocycles. The van der Waals surface area contributed by atoms with Crippen molar-refractivity contribution in [2.45, 2.75) is 56.9 Å². The third kappa shape index (κ3) is 3.07. The number of hydrogen-bond donors (Lipinski definition) is 1. The van der Waals surface area contributed by atoms with Crippen molar-refractivity contribution >= 4 is 0 Å². The highest BCUT2D eigenvalue weighted by molar-refractivity contribution is 5.32. The van der Waals surface area contributed by atoms with Crippen molar-refractivity contribution in [1.29, 1.82) is 0 Å². The monoisotopic (exact) mass is 272 g/mol. The van der Waals surface area contributed by atoms with Crippen LogP contribution in [0.1, 0.15) is 55.6 Å². The van der Waals surface area contributed by atoms with E-state index in [2.05, 4.69) is 29.2 Å². The summed E-state index contributed by atoms with van der Waals surface area (Å²) in [4.78, 5) is 2.69. The molecule has 1 saturated carbocycles. The summed E-state index contributed by atoms with van der Waals surface area (Å²) in [6, 6.07) is 9.88. The molecule has 2 aliphatic carbocycles. The first-order valence-electron chi connectivity index (χ1n) is 8.40. The highest BCUT2D eigenvalue weighted by atomic mass is 15.2. The quantitative estimate of drug-likeness (QED) is 0.891. The molecule has 0 bridgehead atoms. The second-order valence-electron chi connectivity index (χ2n) is 6.51. The van der Waals surface area contributed by atoms with Gasteiger partial charge >= 0.3 is 0 Å². The fourth-order valence-corrected chi connectivity index (χ4v) is 4.19. The van der Waals surface area contributed by atoms with E-state index in [1.165, 1.54) is 51.5 Å². The molecule has 1 aromatic carbocycles. The molecular weight excluding hydrogens is 244 g/mol. The van der Waals surface area contributed by atoms with Gasteiger partial charge < -0.3 is 5.73 Å². The van der Waals surface area contributed by atoms with Crippen LogP contribution in [0.4, 0.5) is 0 Å². The van der Waals surface area contributed by atoms with Crippen LogP contribution in [0.25, 0.3) is 0 Å². The molecule has 20 heavy (non-hydrogen) atoms. The van der Waals surface area contributed by atoms with Crippen molar-refractivity contribution in [3.8, 4) is 0 Å². The van der Waals surface area contributed by atoms with Gasteiger partial charge in [0.2, 0.25) is 0 Å². The van der Waals surface area contributed by atoms with Crippen LogP contribution in [0, 0.1) is 0 Å². The van der Waals surface area contributed by atoms with E-state index in [0.29, 0.717) is 0 Å². The fraction of sp³-hybridized carbons (Fsp3) is 0.667. The molecule has 110 valence electrons. The topological polar surface area (TPSA) is 29.3 Å². The summed E-state index contributed by atoms with van der Waals surface area (Å²) in [5, 5.41) is 0. The molecule has 0 saturated heterocycles. The third-order valence-corrected chi connectivity index (χ3v) is 5.21. The lowest BCUT2D eigenvalue weighted by atomic mass is 9.82. The van der Waals surface area contributed by atoms with Gasteiger partial charge in [0.05, 0.1) is 0 Å². The molecule has 1 aromatic rings. The molecule has 3 rings (SSSR count). The summed E-state index contributed by atoms with van der Waals surface area (Å²) < 4.78 is 0. The zero-order valence-corrected chi connectivity index (χ0v) is 12.6. The van der Waals surface area contributed by atoms with Gasteiger partial charge in [0.1, 0.15) is 0 Å². The van der Waals surface area contributed by atoms with Crippen molar-refractivity contribution in [3.05, 3.63) is 35.4 Å². The summed E-state index contributed by atoms with van der Waals surface area (Å²) in [5.41, 5.74) is 9.05. The molecule has 1 fully saturated rings. The van der Waals surface area contributed by atoms with Crippen LogP contribution in [0.2, 0.25) is 0 Å². The minimum atomic E-state index is 0.729. The molecule has 1 unspecified atom stereocenters. The smallest absolute Gasteiger partial charge is 0.0108 e. The first-order valence-corrected chi connectivity index (χ1v) is 8.40. The van der Waals surface area contributed by atoms with E-state index in [0.717, 1.165) is 25.0 Å². The lowest BCUT2D eigenvalue weighted by Crippen LogP contribution is -2.40. The summed E-state index contributed by atoms with van der Waals surface area (Å²) in [6.07, 6.45) is 9.56. The standard InChI is InChI=1S/C18H28N2/c19-12-13-20(17-9-2-3-10-17)14-16-8-5-7-15-6-1-4-11-18(15)16/h1,4,6,11,16-17H,2-3,5,7-10,12-14,19H2. The number of hydrogen-bond acceptors (Lipinski definition) is 2. The number of fused-ring (bicyclic) bond motifs is 1. The maximum absolute atomic E-state index is 5.86. The Morgan fingerprint density at radius 2 is 1.85 bits per heavy atom. The SMILES string of the molecule is NCCN(CC1CCCc2ccccc21)C1CCCC1. The van der Waals surface area contributed by atoms with E-state index in [9.17, 15) is 0 Å². The summed E-state index contributed by atoms with van der Waals surface area (Å²) in [6.45, 7) is 3.09. The average molecular weight is 272 g/mol. The van der Waals surface area contributed by atoms with Crippen LogP contribution in [0.3, 0.4) is 0 Å². The molecule has 2 aliphatic rings. The van der Waals surface area contributed by atoms with Crippen LogP contribution in [-0.4, -0.2) is 30.6 Å². The van der Waals surface area contributed by atoms with Crippen molar-refractivity contribution < 1.29 is 0 Å². The predicted molar refractivity (Wildman–Crippen MR) is 85.0 cm³/mol. The Balaban J connectivity index is 1.72. The molecule has 2 heteroatoms. The Bertz CT molecular complexity index is 423. The van der Waals surface area contributed by atoms with E-state index in [1.807, 2.05) is 0 Å². The second-order valence-corrected chi connectivity index (χ2v) is 6.51. The van der Waals surface area contributed by atoms with Crippen LogP contribution in [0.15, 0.2) is 24.3 Å². The summed E-state index contributed by atoms with van der Waals surface area (Å²) in [7, 11) is 0. The Kier molecular flexibility index (Phi) is 4.74. The Morgan fingerprint density at radius 1 is 1.05 bits per heavy atom. The molecule has 0 amide bonds. The summed E-state index contributed by atoms with van der Waals surface area (Å²) in [5.74, 6) is 0.729. The molecule has 2 nitrogen and oxygen atoms in total. The largest absolute Gasteiger partial charge is 0.329 e. The summed E-state index contributed by atoms with van der Waals surface area (Å²) >= 11 is 0. The molecule has 2 N–H and O–H groups in total. The van der Waals surface area contributed by atoms with Gasteiger partial charge in [-0.05, 0) is 49.1 Å². The minimum absolute atomic E-state index is 0.729. The minimum Gasteiger partial charge on any atom is -0.329 e. The van der Waals surface area contributed by atoms with E-state index >= 15 is 0 Å². The molecule has 0 radical (unpaired) electrons. The van der Waals surface area contributed by atoms with E-state index < -0.39 is 0 Å². The van der Waals surface area contributed by atoms with Gasteiger partial charge in [0, 0.05) is 25.7 Å². The van der Waals surface area contributed by atoms with E-state index in [1.54, 1.807) is 11.1 Å². The lowest BCUT2D eigenvalue weighted by Gasteiger charge is -2.34. The zero-order valence-electron chi connectivity index (χ0n) is 12.6. The van der Waals surface area contributed by atoms with E-state index in [-0.39, 0.29) is 0 Å². The van der Waals surface area contributed by atoms with Crippen molar-refractivity contribution in [2.24, 2.45) is 5.73 Å². The van der Waals surface area contributed by atoms with Gasteiger partial charge in [0.15, 0.2) is 0 Å². The second kappa shape index (κ2) is 6.73. The van der Waals surface area contributed by atoms with Gasteiger partial charge in [-0.15, -0.1) is 0 Å². The van der Waals surface area contributed by atoms with Crippen molar-refractivity contribution in [3.63, 3.8) is 0 Å². The molecule has 0 aromatic heterocycles. The fourth-order valence-electron chi connectivity index (χ4n) is 4.19. The Hall–Kier alpha value is -0.860. The average Bonchev–Trinajstić information content (AvgIpc) is 3.01. The van der Waals surface area contributed by atoms with Crippen molar-refractivity contribution in [2.75, 3.05) is 19.6 Å². The highest BCUT2D eigenvalue weighted by Crippen LogP contribution is 2.33. The van der Waals surface area contributed by atoms with Crippen LogP contribution >= 0.6 is 0 Å². The van der Waals surface area contributed by atoms with Gasteiger partial charge in [0.25, 0.3) is 0 Å². The molecule has 0 spiro atoms. The van der Waals surface area contributed by atoms with Gasteiger partial charge in [-0.3, -0.25) is 4.90 Å². The van der Waals surface area contributed by atoms with E-state index in [4.69, 9.17) is 5.73 Å². The van der Waals surface area contributed by atoms with Crippen LogP contribution in [-0.2, 0) is 6.42 Å².